The number of rotatable bonds is 8. The molecule has 4 rings (SSSR count). The molecular weight excluding hydrogens is 419 g/mol. The number of carbonyl (C=O) groups excluding carboxylic acids is 2. The molecule has 0 aromatic heterocycles. The van der Waals surface area contributed by atoms with E-state index >= 15 is 0 Å². The summed E-state index contributed by atoms with van der Waals surface area (Å²) >= 11 is 0. The Hall–Kier alpha value is -3.19. The van der Waals surface area contributed by atoms with Gasteiger partial charge in [0.1, 0.15) is 5.75 Å². The van der Waals surface area contributed by atoms with E-state index in [0.717, 1.165) is 24.3 Å². The molecule has 0 aliphatic carbocycles. The van der Waals surface area contributed by atoms with E-state index in [4.69, 9.17) is 4.65 Å². The number of carboxylic acids is 1. The SMILES string of the molecule is O=C(C[C@H]1Cc2cccc(C(=O)O)c2OB1O)C[N+]1=NC(CC(=O)N[C@H]2CCNC2)N=N1. The molecule has 1 aromatic rings. The molecule has 1 unspecified atom stereocenters. The molecule has 0 bridgehead atoms. The predicted molar refractivity (Wildman–Crippen MR) is 109 cm³/mol. The number of carbonyl (C=O) groups is 3. The zero-order valence-corrected chi connectivity index (χ0v) is 17.3. The van der Waals surface area contributed by atoms with Crippen molar-refractivity contribution in [2.24, 2.45) is 15.5 Å². The number of hydrogen-bond donors (Lipinski definition) is 4. The van der Waals surface area contributed by atoms with E-state index in [1.807, 2.05) is 0 Å². The number of Topliss-reactive ketones (excluding diaryl/α,β-unsaturated/α-hetero) is 1. The number of ketones is 1. The van der Waals surface area contributed by atoms with Crippen LogP contribution in [0.15, 0.2) is 33.7 Å². The topological polar surface area (TPSA) is 165 Å². The summed E-state index contributed by atoms with van der Waals surface area (Å²) in [5.41, 5.74) is 0.601. The van der Waals surface area contributed by atoms with E-state index in [-0.39, 0.29) is 48.4 Å². The number of nitrogens with one attached hydrogen (secondary N) is 2. The Kier molecular flexibility index (Phi) is 6.56. The maximum atomic E-state index is 12.5. The third-order valence-electron chi connectivity index (χ3n) is 5.61. The van der Waals surface area contributed by atoms with Gasteiger partial charge in [0.15, 0.2) is 17.6 Å². The van der Waals surface area contributed by atoms with Crippen LogP contribution in [0.1, 0.15) is 35.2 Å². The fourth-order valence-electron chi connectivity index (χ4n) is 4.04. The molecule has 0 spiro atoms. The number of hydrogen-bond acceptors (Lipinski definition) is 9. The molecule has 3 aliphatic rings. The average Bonchev–Trinajstić information content (AvgIpc) is 3.40. The van der Waals surface area contributed by atoms with Crippen LogP contribution in [-0.2, 0) is 16.0 Å². The van der Waals surface area contributed by atoms with Gasteiger partial charge in [-0.2, -0.15) is 0 Å². The quantitative estimate of drug-likeness (QED) is 0.328. The maximum Gasteiger partial charge on any atom is 0.526 e. The summed E-state index contributed by atoms with van der Waals surface area (Å²) in [5, 5.41) is 37.6. The van der Waals surface area contributed by atoms with E-state index in [0.29, 0.717) is 12.0 Å². The van der Waals surface area contributed by atoms with E-state index in [9.17, 15) is 24.5 Å². The first kappa shape index (κ1) is 22.0. The van der Waals surface area contributed by atoms with Gasteiger partial charge in [0.2, 0.25) is 5.91 Å². The molecule has 3 heterocycles. The highest BCUT2D eigenvalue weighted by molar-refractivity contribution is 6.47. The number of para-hydroxylation sites is 1. The van der Waals surface area contributed by atoms with Gasteiger partial charge < -0.3 is 25.4 Å². The molecule has 32 heavy (non-hydrogen) atoms. The van der Waals surface area contributed by atoms with Gasteiger partial charge in [0, 0.05) is 24.8 Å². The monoisotopic (exact) mass is 443 g/mol. The third-order valence-corrected chi connectivity index (χ3v) is 5.61. The van der Waals surface area contributed by atoms with Crippen LogP contribution in [0.3, 0.4) is 0 Å². The zero-order valence-electron chi connectivity index (χ0n) is 17.3. The van der Waals surface area contributed by atoms with Crippen LogP contribution in [0.2, 0.25) is 5.82 Å². The Morgan fingerprint density at radius 1 is 1.31 bits per heavy atom. The second-order valence-electron chi connectivity index (χ2n) is 8.11. The molecule has 3 atom stereocenters. The van der Waals surface area contributed by atoms with E-state index in [1.165, 1.54) is 6.07 Å². The van der Waals surface area contributed by atoms with Gasteiger partial charge in [-0.05, 0) is 40.9 Å². The summed E-state index contributed by atoms with van der Waals surface area (Å²) in [7, 11) is -1.30. The van der Waals surface area contributed by atoms with Crippen molar-refractivity contribution in [3.05, 3.63) is 29.3 Å². The molecule has 4 N–H and O–H groups in total. The van der Waals surface area contributed by atoms with Crippen molar-refractivity contribution in [2.75, 3.05) is 19.6 Å². The number of benzene rings is 1. The zero-order chi connectivity index (χ0) is 22.7. The van der Waals surface area contributed by atoms with Crippen LogP contribution < -0.4 is 15.3 Å². The van der Waals surface area contributed by atoms with E-state index in [2.05, 4.69) is 26.1 Å². The van der Waals surface area contributed by atoms with Gasteiger partial charge in [0.05, 0.1) is 17.1 Å². The molecule has 1 saturated heterocycles. The number of carboxylic acid groups (broad SMARTS) is 1. The lowest BCUT2D eigenvalue weighted by atomic mass is 9.64. The van der Waals surface area contributed by atoms with Crippen LogP contribution >= 0.6 is 0 Å². The standard InChI is InChI=1S/C19H23BN6O6/c27-14(7-12-6-11-2-1-3-15(19(29)30)18(11)32-20(12)31)10-26-24-16(23-25-26)8-17(28)22-13-4-5-21-9-13/h1-3,12-13,16,21,31H,4-10H2,(H-,22,28,29,30)/p+1/t12-,13+,16?/m1/s1. The molecule has 12 nitrogen and oxygen atoms in total. The van der Waals surface area contributed by atoms with Crippen molar-refractivity contribution in [3.63, 3.8) is 0 Å². The van der Waals surface area contributed by atoms with Gasteiger partial charge in [0.25, 0.3) is 0 Å². The number of azo groups is 1. The lowest BCUT2D eigenvalue weighted by molar-refractivity contribution is -0.587. The third kappa shape index (κ3) is 5.17. The number of nitrogens with zero attached hydrogens (tertiary/aromatic N) is 4. The smallest absolute Gasteiger partial charge is 0.526 e. The summed E-state index contributed by atoms with van der Waals surface area (Å²) in [6.45, 7) is 1.48. The van der Waals surface area contributed by atoms with Crippen molar-refractivity contribution >= 4 is 24.8 Å². The Morgan fingerprint density at radius 2 is 2.16 bits per heavy atom. The Balaban J connectivity index is 1.29. The highest BCUT2D eigenvalue weighted by Gasteiger charge is 2.38. The molecule has 1 amide bonds. The number of aromatic carboxylic acids is 1. The van der Waals surface area contributed by atoms with Gasteiger partial charge in [-0.25, -0.2) is 4.79 Å². The summed E-state index contributed by atoms with van der Waals surface area (Å²) in [4.78, 5) is 37.1. The normalized spacial score (nSPS) is 24.0. The largest absolute Gasteiger partial charge is 0.535 e. The van der Waals surface area contributed by atoms with E-state index in [1.54, 1.807) is 12.1 Å². The van der Waals surface area contributed by atoms with Gasteiger partial charge in [-0.3, -0.25) is 9.59 Å². The van der Waals surface area contributed by atoms with Crippen LogP contribution in [0.5, 0.6) is 5.75 Å². The molecule has 168 valence electrons. The van der Waals surface area contributed by atoms with Crippen molar-refractivity contribution in [3.8, 4) is 5.75 Å². The molecule has 0 radical (unpaired) electrons. The Morgan fingerprint density at radius 3 is 2.91 bits per heavy atom. The highest BCUT2D eigenvalue weighted by atomic mass is 16.5. The fourth-order valence-corrected chi connectivity index (χ4v) is 4.04. The second-order valence-corrected chi connectivity index (χ2v) is 8.11. The fraction of sp³-hybridized carbons (Fsp3) is 0.526. The summed E-state index contributed by atoms with van der Waals surface area (Å²) in [6, 6.07) is 4.83. The van der Waals surface area contributed by atoms with Crippen LogP contribution in [0, 0.1) is 0 Å². The van der Waals surface area contributed by atoms with E-state index < -0.39 is 25.1 Å². The lowest BCUT2D eigenvalue weighted by Gasteiger charge is -2.27. The second kappa shape index (κ2) is 9.53. The van der Waals surface area contributed by atoms with Crippen molar-refractivity contribution < 1.29 is 34.0 Å². The van der Waals surface area contributed by atoms with Crippen molar-refractivity contribution in [2.45, 2.75) is 43.7 Å². The Labute approximate surface area is 183 Å². The molecule has 0 saturated carbocycles. The Bertz CT molecular complexity index is 979. The molecular formula is C19H24BN6O6+. The average molecular weight is 443 g/mol. The van der Waals surface area contributed by atoms with Gasteiger partial charge in [-0.15, -0.1) is 0 Å². The first-order valence-electron chi connectivity index (χ1n) is 10.5. The van der Waals surface area contributed by atoms with Crippen molar-refractivity contribution in [1.29, 1.82) is 0 Å². The van der Waals surface area contributed by atoms with Crippen molar-refractivity contribution in [1.82, 2.24) is 10.6 Å². The summed E-state index contributed by atoms with van der Waals surface area (Å²) in [5.74, 6) is -1.94. The molecule has 13 heteroatoms. The predicted octanol–water partition coefficient (Wildman–Crippen LogP) is 0.169. The lowest BCUT2D eigenvalue weighted by Crippen LogP contribution is -2.37. The van der Waals surface area contributed by atoms with Crippen LogP contribution in [0.4, 0.5) is 0 Å². The minimum Gasteiger partial charge on any atom is -0.535 e. The summed E-state index contributed by atoms with van der Waals surface area (Å²) < 4.78 is 5.42. The van der Waals surface area contributed by atoms with Crippen LogP contribution in [0.25, 0.3) is 0 Å². The van der Waals surface area contributed by atoms with Gasteiger partial charge in [-0.1, -0.05) is 12.1 Å². The first-order chi connectivity index (χ1) is 15.4. The minimum atomic E-state index is -1.30. The van der Waals surface area contributed by atoms with Gasteiger partial charge >= 0.3 is 19.3 Å². The van der Waals surface area contributed by atoms with Crippen LogP contribution in [-0.4, -0.2) is 71.6 Å². The minimum absolute atomic E-state index is 0.000716. The maximum absolute atomic E-state index is 12.5. The first-order valence-corrected chi connectivity index (χ1v) is 10.5. The number of fused-ring (bicyclic) bond motifs is 1. The highest BCUT2D eigenvalue weighted by Crippen LogP contribution is 2.36. The molecule has 1 aromatic carbocycles. The number of amides is 1. The molecule has 1 fully saturated rings. The summed E-state index contributed by atoms with van der Waals surface area (Å²) in [6.07, 6.45) is 0.582. The molecule has 3 aliphatic heterocycles.